The van der Waals surface area contributed by atoms with E-state index in [1.807, 2.05) is 24.3 Å². The molecule has 2 N–H and O–H groups in total. The molecule has 0 heterocycles. The van der Waals surface area contributed by atoms with Gasteiger partial charge in [0.05, 0.1) is 6.10 Å². The lowest BCUT2D eigenvalue weighted by atomic mass is 9.89. The van der Waals surface area contributed by atoms with Crippen molar-refractivity contribution in [3.63, 3.8) is 0 Å². The van der Waals surface area contributed by atoms with Crippen LogP contribution in [0.3, 0.4) is 0 Å². The number of aliphatic hydroxyl groups excluding tert-OH is 1. The van der Waals surface area contributed by atoms with E-state index in [-0.39, 0.29) is 25.5 Å². The van der Waals surface area contributed by atoms with Crippen LogP contribution in [-0.2, 0) is 30.3 Å². The second kappa shape index (κ2) is 13.8. The Labute approximate surface area is 185 Å². The molecule has 0 fully saturated rings. The minimum absolute atomic E-state index is 0.0174. The fourth-order valence-corrected chi connectivity index (χ4v) is 3.46. The summed E-state index contributed by atoms with van der Waals surface area (Å²) in [7, 11) is 0. The molecule has 0 radical (unpaired) electrons. The van der Waals surface area contributed by atoms with Gasteiger partial charge in [-0.25, -0.2) is 0 Å². The number of benzene rings is 1. The molecule has 0 aromatic heterocycles. The van der Waals surface area contributed by atoms with E-state index >= 15 is 0 Å². The molecule has 1 aromatic rings. The van der Waals surface area contributed by atoms with Crippen molar-refractivity contribution in [2.24, 2.45) is 0 Å². The Morgan fingerprint density at radius 3 is 1.97 bits per heavy atom. The molecule has 0 bridgehead atoms. The van der Waals surface area contributed by atoms with Gasteiger partial charge in [-0.2, -0.15) is 0 Å². The number of aryl methyl sites for hydroxylation is 1. The van der Waals surface area contributed by atoms with Crippen molar-refractivity contribution < 1.29 is 29.0 Å². The lowest BCUT2D eigenvalue weighted by Crippen LogP contribution is -2.56. The van der Waals surface area contributed by atoms with Crippen molar-refractivity contribution >= 4 is 17.8 Å². The number of rotatable bonds is 14. The van der Waals surface area contributed by atoms with E-state index in [1.54, 1.807) is 0 Å². The third-order valence-corrected chi connectivity index (χ3v) is 5.06. The smallest absolute Gasteiger partial charge is 0.302 e. The maximum atomic E-state index is 11.8. The largest absolute Gasteiger partial charge is 0.463 e. The van der Waals surface area contributed by atoms with E-state index in [1.165, 1.54) is 52.0 Å². The van der Waals surface area contributed by atoms with E-state index < -0.39 is 23.6 Å². The van der Waals surface area contributed by atoms with Gasteiger partial charge in [0.15, 0.2) is 0 Å². The zero-order valence-corrected chi connectivity index (χ0v) is 19.2. The Kier molecular flexibility index (Phi) is 11.9. The number of unbranched alkanes of at least 4 members (excludes halogenated alkanes) is 4. The molecule has 0 spiro atoms. The number of nitrogens with one attached hydrogen (secondary N) is 1. The fraction of sp³-hybridized carbons (Fsp3) is 0.625. The Balaban J connectivity index is 2.87. The van der Waals surface area contributed by atoms with Gasteiger partial charge in [0.1, 0.15) is 18.8 Å². The highest BCUT2D eigenvalue weighted by Gasteiger charge is 2.37. The quantitative estimate of drug-likeness (QED) is 0.342. The van der Waals surface area contributed by atoms with Gasteiger partial charge >= 0.3 is 11.9 Å². The van der Waals surface area contributed by atoms with Crippen molar-refractivity contribution in [3.05, 3.63) is 35.4 Å². The first-order valence-corrected chi connectivity index (χ1v) is 11.0. The summed E-state index contributed by atoms with van der Waals surface area (Å²) < 4.78 is 10.2. The van der Waals surface area contributed by atoms with E-state index in [0.717, 1.165) is 12.8 Å². The van der Waals surface area contributed by atoms with Crippen molar-refractivity contribution in [2.45, 2.75) is 84.3 Å². The van der Waals surface area contributed by atoms with Crippen LogP contribution in [0, 0.1) is 0 Å². The van der Waals surface area contributed by atoms with Crippen LogP contribution in [0.25, 0.3) is 0 Å². The van der Waals surface area contributed by atoms with Crippen LogP contribution >= 0.6 is 0 Å². The summed E-state index contributed by atoms with van der Waals surface area (Å²) >= 11 is 0. The zero-order valence-electron chi connectivity index (χ0n) is 19.2. The molecule has 0 aliphatic heterocycles. The van der Waals surface area contributed by atoms with Gasteiger partial charge in [0.2, 0.25) is 5.91 Å². The summed E-state index contributed by atoms with van der Waals surface area (Å²) in [6, 6.07) is 7.72. The summed E-state index contributed by atoms with van der Waals surface area (Å²) in [5.41, 5.74) is 0.649. The maximum Gasteiger partial charge on any atom is 0.302 e. The van der Waals surface area contributed by atoms with Gasteiger partial charge in [-0.05, 0) is 24.0 Å². The minimum atomic E-state index is -1.24. The van der Waals surface area contributed by atoms with Crippen LogP contribution in [0.2, 0.25) is 0 Å². The molecule has 1 unspecified atom stereocenters. The third-order valence-electron chi connectivity index (χ3n) is 5.06. The van der Waals surface area contributed by atoms with E-state index in [2.05, 4.69) is 12.2 Å². The Morgan fingerprint density at radius 2 is 1.48 bits per heavy atom. The van der Waals surface area contributed by atoms with Gasteiger partial charge in [-0.3, -0.25) is 14.4 Å². The second-order valence-corrected chi connectivity index (χ2v) is 8.15. The normalized spacial score (nSPS) is 12.2. The number of amides is 1. The number of aliphatic hydroxyl groups is 1. The molecular weight excluding hydrogens is 398 g/mol. The average molecular weight is 436 g/mol. The molecule has 0 saturated heterocycles. The second-order valence-electron chi connectivity index (χ2n) is 8.15. The van der Waals surface area contributed by atoms with Crippen LogP contribution in [0.5, 0.6) is 0 Å². The summed E-state index contributed by atoms with van der Waals surface area (Å²) in [5.74, 6) is -1.45. The van der Waals surface area contributed by atoms with Crippen molar-refractivity contribution in [3.8, 4) is 0 Å². The standard InChI is InChI=1S/C24H37NO6/c1-5-6-7-8-9-10-21-11-13-22(14-12-21)23(29)15-24(25-18(2)26,16-30-19(3)27)17-31-20(4)28/h11-14,23,29H,5-10,15-17H2,1-4H3,(H,25,26). The predicted molar refractivity (Wildman–Crippen MR) is 118 cm³/mol. The Hall–Kier alpha value is -2.41. The lowest BCUT2D eigenvalue weighted by molar-refractivity contribution is -0.151. The molecule has 31 heavy (non-hydrogen) atoms. The van der Waals surface area contributed by atoms with Gasteiger partial charge in [-0.15, -0.1) is 0 Å². The molecule has 0 aliphatic carbocycles. The van der Waals surface area contributed by atoms with E-state index in [0.29, 0.717) is 5.56 Å². The molecule has 1 aromatic carbocycles. The number of hydrogen-bond acceptors (Lipinski definition) is 6. The zero-order chi connectivity index (χ0) is 23.3. The summed E-state index contributed by atoms with van der Waals surface area (Å²) in [6.07, 6.45) is 6.16. The van der Waals surface area contributed by atoms with E-state index in [9.17, 15) is 19.5 Å². The first kappa shape index (κ1) is 26.6. The maximum absolute atomic E-state index is 11.8. The van der Waals surface area contributed by atoms with Crippen LogP contribution in [0.15, 0.2) is 24.3 Å². The number of carbonyl (C=O) groups excluding carboxylic acids is 3. The van der Waals surface area contributed by atoms with E-state index in [4.69, 9.17) is 9.47 Å². The SMILES string of the molecule is CCCCCCCc1ccc(C(O)CC(COC(C)=O)(COC(C)=O)NC(C)=O)cc1. The van der Waals surface area contributed by atoms with Crippen molar-refractivity contribution in [1.82, 2.24) is 5.32 Å². The van der Waals surface area contributed by atoms with Crippen molar-refractivity contribution in [1.29, 1.82) is 0 Å². The monoisotopic (exact) mass is 435 g/mol. The molecule has 1 rings (SSSR count). The van der Waals surface area contributed by atoms with Crippen LogP contribution in [0.1, 0.15) is 83.5 Å². The number of ether oxygens (including phenoxy) is 2. The topological polar surface area (TPSA) is 102 Å². The fourth-order valence-electron chi connectivity index (χ4n) is 3.46. The van der Waals surface area contributed by atoms with Crippen LogP contribution in [0.4, 0.5) is 0 Å². The first-order valence-electron chi connectivity index (χ1n) is 11.0. The van der Waals surface area contributed by atoms with Crippen LogP contribution < -0.4 is 5.32 Å². The number of hydrogen-bond donors (Lipinski definition) is 2. The summed E-state index contributed by atoms with van der Waals surface area (Å²) in [4.78, 5) is 34.5. The van der Waals surface area contributed by atoms with Gasteiger partial charge < -0.3 is 19.9 Å². The first-order chi connectivity index (χ1) is 14.7. The third kappa shape index (κ3) is 11.0. The highest BCUT2D eigenvalue weighted by Crippen LogP contribution is 2.26. The van der Waals surface area contributed by atoms with Crippen molar-refractivity contribution in [2.75, 3.05) is 13.2 Å². The Bertz CT molecular complexity index is 683. The molecule has 0 saturated carbocycles. The number of carbonyl (C=O) groups is 3. The van der Waals surface area contributed by atoms with Gasteiger partial charge in [-0.1, -0.05) is 56.9 Å². The molecule has 174 valence electrons. The Morgan fingerprint density at radius 1 is 0.935 bits per heavy atom. The number of esters is 2. The minimum Gasteiger partial charge on any atom is -0.463 e. The van der Waals surface area contributed by atoms with Gasteiger partial charge in [0, 0.05) is 27.2 Å². The molecule has 0 aliphatic rings. The molecule has 7 nitrogen and oxygen atoms in total. The predicted octanol–water partition coefficient (Wildman–Crippen LogP) is 3.62. The molecule has 7 heteroatoms. The van der Waals surface area contributed by atoms with Gasteiger partial charge in [0.25, 0.3) is 0 Å². The summed E-state index contributed by atoms with van der Waals surface area (Å²) in [6.45, 7) is 5.58. The molecular formula is C24H37NO6. The highest BCUT2D eigenvalue weighted by molar-refractivity contribution is 5.74. The lowest BCUT2D eigenvalue weighted by Gasteiger charge is -2.35. The van der Waals surface area contributed by atoms with Crippen LogP contribution in [-0.4, -0.2) is 41.7 Å². The summed E-state index contributed by atoms with van der Waals surface area (Å²) in [5, 5.41) is 13.5. The molecule has 1 amide bonds. The molecule has 1 atom stereocenters. The average Bonchev–Trinajstić information content (AvgIpc) is 2.70. The highest BCUT2D eigenvalue weighted by atomic mass is 16.5.